The van der Waals surface area contributed by atoms with Crippen molar-refractivity contribution in [2.45, 2.75) is 45.6 Å². The van der Waals surface area contributed by atoms with Crippen molar-refractivity contribution in [2.24, 2.45) is 0 Å². The van der Waals surface area contributed by atoms with Crippen LogP contribution in [0.25, 0.3) is 33.9 Å². The molecule has 0 unspecified atom stereocenters. The van der Waals surface area contributed by atoms with Gasteiger partial charge in [-0.15, -0.1) is 5.10 Å². The van der Waals surface area contributed by atoms with Gasteiger partial charge in [-0.25, -0.2) is 4.68 Å². The van der Waals surface area contributed by atoms with Crippen LogP contribution in [0.2, 0.25) is 0 Å². The van der Waals surface area contributed by atoms with E-state index in [4.69, 9.17) is 4.52 Å². The average molecular weight is 431 g/mol. The highest BCUT2D eigenvalue weighted by molar-refractivity contribution is 5.80. The van der Waals surface area contributed by atoms with Gasteiger partial charge in [-0.1, -0.05) is 41.4 Å². The van der Waals surface area contributed by atoms with Crippen LogP contribution >= 0.6 is 0 Å². The largest absolute Gasteiger partial charge is 0.343 e. The molecule has 1 saturated heterocycles. The minimum Gasteiger partial charge on any atom is -0.343 e. The zero-order chi connectivity index (χ0) is 21.9. The molecule has 8 heteroatoms. The second kappa shape index (κ2) is 8.90. The van der Waals surface area contributed by atoms with Gasteiger partial charge in [0.05, 0.1) is 12.1 Å². The van der Waals surface area contributed by atoms with Crippen LogP contribution in [0, 0.1) is 6.92 Å². The van der Waals surface area contributed by atoms with Crippen molar-refractivity contribution >= 4 is 16.9 Å². The number of likely N-dealkylation sites (tertiary alicyclic amines) is 1. The molecular formula is C24H26N6O2. The molecule has 1 fully saturated rings. The first-order chi connectivity index (χ1) is 15.7. The number of carbonyl (C=O) groups excluding carboxylic acids is 1. The van der Waals surface area contributed by atoms with E-state index in [1.54, 1.807) is 4.68 Å². The first-order valence-electron chi connectivity index (χ1n) is 11.2. The molecule has 0 atom stereocenters. The van der Waals surface area contributed by atoms with E-state index in [-0.39, 0.29) is 5.91 Å². The summed E-state index contributed by atoms with van der Waals surface area (Å²) in [6.45, 7) is 4.27. The van der Waals surface area contributed by atoms with Gasteiger partial charge >= 0.3 is 0 Å². The van der Waals surface area contributed by atoms with Crippen molar-refractivity contribution in [1.82, 2.24) is 30.0 Å². The number of amides is 1. The van der Waals surface area contributed by atoms with E-state index in [1.807, 2.05) is 54.3 Å². The molecule has 8 nitrogen and oxygen atoms in total. The summed E-state index contributed by atoms with van der Waals surface area (Å²) in [5.41, 5.74) is 4.45. The molecule has 0 spiro atoms. The van der Waals surface area contributed by atoms with Gasteiger partial charge in [-0.2, -0.15) is 4.98 Å². The van der Waals surface area contributed by atoms with Crippen molar-refractivity contribution < 1.29 is 9.32 Å². The Labute approximate surface area is 186 Å². The normalized spacial score (nSPS) is 14.6. The van der Waals surface area contributed by atoms with E-state index in [0.29, 0.717) is 24.7 Å². The summed E-state index contributed by atoms with van der Waals surface area (Å²) in [6.07, 6.45) is 5.06. The molecule has 2 aromatic heterocycles. The van der Waals surface area contributed by atoms with Crippen molar-refractivity contribution in [1.29, 1.82) is 0 Å². The Bertz CT molecular complexity index is 1240. The van der Waals surface area contributed by atoms with Gasteiger partial charge in [-0.05, 0) is 49.6 Å². The van der Waals surface area contributed by atoms with E-state index in [9.17, 15) is 4.79 Å². The van der Waals surface area contributed by atoms with E-state index >= 15 is 0 Å². The summed E-state index contributed by atoms with van der Waals surface area (Å²) in [7, 11) is 0. The van der Waals surface area contributed by atoms with Crippen LogP contribution in [0.3, 0.4) is 0 Å². The fourth-order valence-corrected chi connectivity index (χ4v) is 4.22. The lowest BCUT2D eigenvalue weighted by molar-refractivity contribution is -0.131. The van der Waals surface area contributed by atoms with Gasteiger partial charge in [0.25, 0.3) is 5.89 Å². The van der Waals surface area contributed by atoms with Crippen LogP contribution in [0.1, 0.15) is 37.7 Å². The Balaban J connectivity index is 1.31. The molecule has 0 bridgehead atoms. The highest BCUT2D eigenvalue weighted by Gasteiger charge is 2.17. The average Bonchev–Trinajstić information content (AvgIpc) is 3.36. The Kier molecular flexibility index (Phi) is 5.66. The minimum atomic E-state index is 0.197. The maximum absolute atomic E-state index is 12.6. The Morgan fingerprint density at radius 2 is 1.88 bits per heavy atom. The molecule has 0 aliphatic carbocycles. The Morgan fingerprint density at radius 3 is 2.69 bits per heavy atom. The van der Waals surface area contributed by atoms with Crippen LogP contribution in [0.15, 0.2) is 47.0 Å². The second-order valence-electron chi connectivity index (χ2n) is 8.30. The highest BCUT2D eigenvalue weighted by atomic mass is 16.5. The third kappa shape index (κ3) is 4.12. The van der Waals surface area contributed by atoms with Crippen LogP contribution in [0.4, 0.5) is 0 Å². The zero-order valence-electron chi connectivity index (χ0n) is 18.2. The third-order valence-corrected chi connectivity index (χ3v) is 6.07. The van der Waals surface area contributed by atoms with Crippen molar-refractivity contribution in [3.63, 3.8) is 0 Å². The molecule has 0 N–H and O–H groups in total. The van der Waals surface area contributed by atoms with Gasteiger partial charge in [0.1, 0.15) is 5.52 Å². The number of hydrogen-bond donors (Lipinski definition) is 0. The van der Waals surface area contributed by atoms with Gasteiger partial charge in [0.15, 0.2) is 0 Å². The number of carbonyl (C=O) groups is 1. The molecule has 5 rings (SSSR count). The number of fused-ring (bicyclic) bond motifs is 1. The van der Waals surface area contributed by atoms with E-state index in [1.165, 1.54) is 12.8 Å². The maximum atomic E-state index is 12.6. The lowest BCUT2D eigenvalue weighted by atomic mass is 10.1. The van der Waals surface area contributed by atoms with Crippen LogP contribution in [-0.2, 0) is 11.3 Å². The number of benzene rings is 2. The molecule has 4 aromatic rings. The Hall–Kier alpha value is -3.55. The smallest absolute Gasteiger partial charge is 0.258 e. The maximum Gasteiger partial charge on any atom is 0.258 e. The number of aryl methyl sites for hydroxylation is 2. The molecule has 1 aliphatic rings. The number of aromatic nitrogens is 5. The standard InChI is InChI=1S/C24H26N6O2/c1-17-8-4-5-9-19(17)24-25-23(27-32-24)18-10-11-21-20(16-18)26-28-30(21)15-12-22(31)29-13-6-2-3-7-14-29/h4-5,8-11,16H,2-3,6-7,12-15H2,1H3. The first kappa shape index (κ1) is 20.4. The first-order valence-corrected chi connectivity index (χ1v) is 11.2. The number of hydrogen-bond acceptors (Lipinski definition) is 6. The van der Waals surface area contributed by atoms with E-state index < -0.39 is 0 Å². The molecule has 164 valence electrons. The summed E-state index contributed by atoms with van der Waals surface area (Å²) in [6, 6.07) is 13.7. The van der Waals surface area contributed by atoms with Gasteiger partial charge in [0.2, 0.25) is 11.7 Å². The predicted molar refractivity (Wildman–Crippen MR) is 121 cm³/mol. The lowest BCUT2D eigenvalue weighted by Gasteiger charge is -2.20. The molecular weight excluding hydrogens is 404 g/mol. The monoisotopic (exact) mass is 430 g/mol. The van der Waals surface area contributed by atoms with Gasteiger partial charge in [-0.3, -0.25) is 4.79 Å². The molecule has 32 heavy (non-hydrogen) atoms. The summed E-state index contributed by atoms with van der Waals surface area (Å²) >= 11 is 0. The van der Waals surface area contributed by atoms with Crippen LogP contribution in [0.5, 0.6) is 0 Å². The summed E-state index contributed by atoms with van der Waals surface area (Å²) < 4.78 is 7.29. The van der Waals surface area contributed by atoms with Gasteiger partial charge < -0.3 is 9.42 Å². The molecule has 1 aliphatic heterocycles. The quantitative estimate of drug-likeness (QED) is 0.470. The van der Waals surface area contributed by atoms with Gasteiger partial charge in [0, 0.05) is 30.6 Å². The third-order valence-electron chi connectivity index (χ3n) is 6.07. The summed E-state index contributed by atoms with van der Waals surface area (Å²) in [5, 5.41) is 12.7. The van der Waals surface area contributed by atoms with Crippen molar-refractivity contribution in [3.05, 3.63) is 48.0 Å². The van der Waals surface area contributed by atoms with E-state index in [2.05, 4.69) is 20.5 Å². The molecule has 0 radical (unpaired) electrons. The fourth-order valence-electron chi connectivity index (χ4n) is 4.22. The van der Waals surface area contributed by atoms with Crippen molar-refractivity contribution in [2.75, 3.05) is 13.1 Å². The van der Waals surface area contributed by atoms with Crippen molar-refractivity contribution in [3.8, 4) is 22.8 Å². The van der Waals surface area contributed by atoms with Crippen LogP contribution in [-0.4, -0.2) is 49.0 Å². The predicted octanol–water partition coefficient (Wildman–Crippen LogP) is 4.25. The Morgan fingerprint density at radius 1 is 1.06 bits per heavy atom. The molecule has 3 heterocycles. The van der Waals surface area contributed by atoms with Crippen LogP contribution < -0.4 is 0 Å². The summed E-state index contributed by atoms with van der Waals surface area (Å²) in [5.74, 6) is 1.20. The second-order valence-corrected chi connectivity index (χ2v) is 8.30. The number of rotatable bonds is 5. The number of nitrogens with zero attached hydrogens (tertiary/aromatic N) is 6. The summed E-state index contributed by atoms with van der Waals surface area (Å²) in [4.78, 5) is 19.2. The zero-order valence-corrected chi connectivity index (χ0v) is 18.2. The molecule has 2 aromatic carbocycles. The fraction of sp³-hybridized carbons (Fsp3) is 0.375. The lowest BCUT2D eigenvalue weighted by Crippen LogP contribution is -2.32. The minimum absolute atomic E-state index is 0.197. The molecule has 1 amide bonds. The highest BCUT2D eigenvalue weighted by Crippen LogP contribution is 2.26. The SMILES string of the molecule is Cc1ccccc1-c1nc(-c2ccc3c(c2)nnn3CCC(=O)N2CCCCCC2)no1. The topological polar surface area (TPSA) is 89.9 Å². The van der Waals surface area contributed by atoms with E-state index in [0.717, 1.165) is 53.7 Å². The molecule has 0 saturated carbocycles.